The molecule has 0 aromatic carbocycles. The zero-order valence-corrected chi connectivity index (χ0v) is 10.8. The van der Waals surface area contributed by atoms with E-state index in [4.69, 9.17) is 0 Å². The number of hydrogen-bond donors (Lipinski definition) is 2. The van der Waals surface area contributed by atoms with Gasteiger partial charge in [0, 0.05) is 0 Å². The first kappa shape index (κ1) is 13.9. The minimum absolute atomic E-state index is 0.395. The van der Waals surface area contributed by atoms with Crippen molar-refractivity contribution in [1.82, 2.24) is 10.6 Å². The predicted molar refractivity (Wildman–Crippen MR) is 64.6 cm³/mol. The Morgan fingerprint density at radius 3 is 1.86 bits per heavy atom. The largest absolute Gasteiger partial charge is 0.320 e. The molecule has 0 radical (unpaired) electrons. The van der Waals surface area contributed by atoms with E-state index in [1.54, 1.807) is 0 Å². The van der Waals surface area contributed by atoms with Gasteiger partial charge in [-0.25, -0.2) is 0 Å². The van der Waals surface area contributed by atoms with Crippen molar-refractivity contribution in [1.29, 1.82) is 0 Å². The zero-order valence-electron chi connectivity index (χ0n) is 10.8. The van der Waals surface area contributed by atoms with Gasteiger partial charge in [0.05, 0.1) is 0 Å². The van der Waals surface area contributed by atoms with Gasteiger partial charge in [-0.05, 0) is 50.9 Å². The van der Waals surface area contributed by atoms with E-state index < -0.39 is 0 Å². The number of nitrogens with one attached hydrogen (secondary N) is 2. The second kappa shape index (κ2) is 5.72. The normalized spacial score (nSPS) is 13.3. The third kappa shape index (κ3) is 6.39. The molecule has 0 rings (SSSR count). The van der Waals surface area contributed by atoms with E-state index in [1.807, 2.05) is 14.1 Å². The van der Waals surface area contributed by atoms with Crippen LogP contribution in [0.1, 0.15) is 40.5 Å². The molecule has 0 bridgehead atoms. The second-order valence-corrected chi connectivity index (χ2v) is 5.89. The van der Waals surface area contributed by atoms with E-state index >= 15 is 0 Å². The van der Waals surface area contributed by atoms with Gasteiger partial charge in [0.15, 0.2) is 0 Å². The monoisotopic (exact) mass is 200 g/mol. The molecule has 0 spiro atoms. The molecule has 0 unspecified atom stereocenters. The Morgan fingerprint density at radius 2 is 1.43 bits per heavy atom. The van der Waals surface area contributed by atoms with Crippen LogP contribution in [0.15, 0.2) is 0 Å². The summed E-state index contributed by atoms with van der Waals surface area (Å²) in [5.74, 6) is 0. The summed E-state index contributed by atoms with van der Waals surface area (Å²) >= 11 is 0. The van der Waals surface area contributed by atoms with E-state index in [-0.39, 0.29) is 0 Å². The summed E-state index contributed by atoms with van der Waals surface area (Å²) in [6.07, 6.45) is 2.51. The quantitative estimate of drug-likeness (QED) is 0.659. The van der Waals surface area contributed by atoms with Crippen LogP contribution in [0.2, 0.25) is 0 Å². The van der Waals surface area contributed by atoms with Crippen molar-refractivity contribution in [2.24, 2.45) is 10.8 Å². The minimum Gasteiger partial charge on any atom is -0.320 e. The lowest BCUT2D eigenvalue weighted by molar-refractivity contribution is 0.181. The summed E-state index contributed by atoms with van der Waals surface area (Å²) in [6.45, 7) is 11.6. The first-order valence-corrected chi connectivity index (χ1v) is 5.62. The summed E-state index contributed by atoms with van der Waals surface area (Å²) in [7, 11) is 4.05. The summed E-state index contributed by atoms with van der Waals surface area (Å²) in [5.41, 5.74) is 0.829. The maximum atomic E-state index is 3.27. The van der Waals surface area contributed by atoms with Gasteiger partial charge in [-0.3, -0.25) is 0 Å². The molecule has 0 aliphatic rings. The Balaban J connectivity index is 4.05. The van der Waals surface area contributed by atoms with Gasteiger partial charge in [-0.15, -0.1) is 0 Å². The van der Waals surface area contributed by atoms with E-state index in [0.717, 1.165) is 13.1 Å². The van der Waals surface area contributed by atoms with Crippen molar-refractivity contribution in [3.05, 3.63) is 0 Å². The molecule has 0 atom stereocenters. The smallest absolute Gasteiger partial charge is 0.0000286 e. The summed E-state index contributed by atoms with van der Waals surface area (Å²) in [4.78, 5) is 0. The van der Waals surface area contributed by atoms with Crippen LogP contribution in [-0.4, -0.2) is 27.2 Å². The zero-order chi connectivity index (χ0) is 11.2. The van der Waals surface area contributed by atoms with Gasteiger partial charge in [-0.2, -0.15) is 0 Å². The lowest BCUT2D eigenvalue weighted by Gasteiger charge is -2.35. The van der Waals surface area contributed by atoms with Crippen LogP contribution in [0.5, 0.6) is 0 Å². The standard InChI is InChI=1S/C12H28N2/c1-11(2,7-8-13-5)9-12(3,4)10-14-6/h13-14H,7-10H2,1-6H3. The molecule has 0 saturated carbocycles. The molecule has 0 aromatic rings. The van der Waals surface area contributed by atoms with Crippen LogP contribution in [0.25, 0.3) is 0 Å². The fourth-order valence-corrected chi connectivity index (χ4v) is 2.39. The molecule has 0 amide bonds. The van der Waals surface area contributed by atoms with Crippen molar-refractivity contribution in [3.8, 4) is 0 Å². The highest BCUT2D eigenvalue weighted by Gasteiger charge is 2.27. The molecule has 0 aromatic heterocycles. The van der Waals surface area contributed by atoms with Crippen molar-refractivity contribution in [2.45, 2.75) is 40.5 Å². The van der Waals surface area contributed by atoms with Crippen molar-refractivity contribution in [3.63, 3.8) is 0 Å². The van der Waals surface area contributed by atoms with Crippen molar-refractivity contribution >= 4 is 0 Å². The maximum Gasteiger partial charge on any atom is -0.0000286 e. The van der Waals surface area contributed by atoms with E-state index in [9.17, 15) is 0 Å². The van der Waals surface area contributed by atoms with Crippen LogP contribution < -0.4 is 10.6 Å². The van der Waals surface area contributed by atoms with E-state index in [0.29, 0.717) is 10.8 Å². The molecule has 0 fully saturated rings. The van der Waals surface area contributed by atoms with E-state index in [2.05, 4.69) is 38.3 Å². The Kier molecular flexibility index (Phi) is 5.68. The topological polar surface area (TPSA) is 24.1 Å². The highest BCUT2D eigenvalue weighted by molar-refractivity contribution is 4.80. The molecule has 0 saturated heterocycles. The summed E-state index contributed by atoms with van der Waals surface area (Å²) in [5, 5.41) is 6.50. The molecule has 0 heterocycles. The highest BCUT2D eigenvalue weighted by atomic mass is 14.8. The Hall–Kier alpha value is -0.0800. The van der Waals surface area contributed by atoms with Crippen molar-refractivity contribution in [2.75, 3.05) is 27.2 Å². The van der Waals surface area contributed by atoms with Gasteiger partial charge >= 0.3 is 0 Å². The highest BCUT2D eigenvalue weighted by Crippen LogP contribution is 2.35. The Labute approximate surface area is 89.9 Å². The fourth-order valence-electron chi connectivity index (χ4n) is 2.39. The second-order valence-electron chi connectivity index (χ2n) is 5.89. The van der Waals surface area contributed by atoms with Crippen LogP contribution in [0.4, 0.5) is 0 Å². The van der Waals surface area contributed by atoms with Gasteiger partial charge in [0.25, 0.3) is 0 Å². The fraction of sp³-hybridized carbons (Fsp3) is 1.00. The molecule has 0 aliphatic heterocycles. The van der Waals surface area contributed by atoms with E-state index in [1.165, 1.54) is 12.8 Å². The summed E-state index contributed by atoms with van der Waals surface area (Å²) < 4.78 is 0. The molecular weight excluding hydrogens is 172 g/mol. The maximum absolute atomic E-state index is 3.27. The third-order valence-electron chi connectivity index (χ3n) is 2.66. The molecular formula is C12H28N2. The first-order valence-electron chi connectivity index (χ1n) is 5.62. The van der Waals surface area contributed by atoms with Crippen LogP contribution in [-0.2, 0) is 0 Å². The molecule has 0 aliphatic carbocycles. The average molecular weight is 200 g/mol. The molecule has 2 nitrogen and oxygen atoms in total. The summed E-state index contributed by atoms with van der Waals surface area (Å²) in [6, 6.07) is 0. The predicted octanol–water partition coefficient (Wildman–Crippen LogP) is 2.26. The molecule has 2 heteroatoms. The Bertz CT molecular complexity index is 150. The first-order chi connectivity index (χ1) is 6.33. The van der Waals surface area contributed by atoms with Crippen molar-refractivity contribution < 1.29 is 0 Å². The third-order valence-corrected chi connectivity index (χ3v) is 2.66. The van der Waals surface area contributed by atoms with Gasteiger partial charge in [0.1, 0.15) is 0 Å². The van der Waals surface area contributed by atoms with Gasteiger partial charge < -0.3 is 10.6 Å². The van der Waals surface area contributed by atoms with Gasteiger partial charge in [-0.1, -0.05) is 27.7 Å². The average Bonchev–Trinajstić information content (AvgIpc) is 1.98. The minimum atomic E-state index is 0.395. The van der Waals surface area contributed by atoms with Crippen LogP contribution in [0, 0.1) is 10.8 Å². The molecule has 86 valence electrons. The molecule has 14 heavy (non-hydrogen) atoms. The van der Waals surface area contributed by atoms with Gasteiger partial charge in [0.2, 0.25) is 0 Å². The Morgan fingerprint density at radius 1 is 0.857 bits per heavy atom. The number of hydrogen-bond acceptors (Lipinski definition) is 2. The molecule has 2 N–H and O–H groups in total. The van der Waals surface area contributed by atoms with Crippen LogP contribution in [0.3, 0.4) is 0 Å². The SMILES string of the molecule is CNCCC(C)(C)CC(C)(C)CNC. The lowest BCUT2D eigenvalue weighted by atomic mass is 9.73. The lowest BCUT2D eigenvalue weighted by Crippen LogP contribution is -2.33. The number of rotatable bonds is 7. The van der Waals surface area contributed by atoms with Crippen LogP contribution >= 0.6 is 0 Å².